The quantitative estimate of drug-likeness (QED) is 0.554. The van der Waals surface area contributed by atoms with E-state index in [1.165, 1.54) is 12.7 Å². The Morgan fingerprint density at radius 3 is 2.83 bits per heavy atom. The van der Waals surface area contributed by atoms with E-state index in [2.05, 4.69) is 0 Å². The lowest BCUT2D eigenvalue weighted by atomic mass is 9.89. The molecule has 0 unspecified atom stereocenters. The van der Waals surface area contributed by atoms with E-state index in [1.807, 2.05) is 31.2 Å². The molecule has 2 aliphatic rings. The first-order chi connectivity index (χ1) is 8.65. The summed E-state index contributed by atoms with van der Waals surface area (Å²) in [5.41, 5.74) is 2.14. The minimum atomic E-state index is -0.645. The largest absolute Gasteiger partial charge is 0.468 e. The third-order valence-corrected chi connectivity index (χ3v) is 4.10. The Balaban J connectivity index is 2.01. The molecular weight excluding hydrogens is 230 g/mol. The summed E-state index contributed by atoms with van der Waals surface area (Å²) in [7, 11) is 1.33. The molecule has 4 heteroatoms. The number of amides is 1. The van der Waals surface area contributed by atoms with Crippen molar-refractivity contribution in [2.75, 3.05) is 12.0 Å². The molecule has 1 fully saturated rings. The van der Waals surface area contributed by atoms with E-state index in [0.717, 1.165) is 12.1 Å². The van der Waals surface area contributed by atoms with Crippen LogP contribution in [0.3, 0.4) is 0 Å². The highest BCUT2D eigenvalue weighted by atomic mass is 16.5. The van der Waals surface area contributed by atoms with E-state index in [-0.39, 0.29) is 17.9 Å². The fourth-order valence-electron chi connectivity index (χ4n) is 3.16. The third-order valence-electron chi connectivity index (χ3n) is 4.10. The van der Waals surface area contributed by atoms with Crippen LogP contribution >= 0.6 is 0 Å². The van der Waals surface area contributed by atoms with Crippen LogP contribution in [0, 0.1) is 11.8 Å². The number of hydrogen-bond donors (Lipinski definition) is 0. The van der Waals surface area contributed by atoms with Crippen molar-refractivity contribution in [2.24, 2.45) is 11.8 Å². The third kappa shape index (κ3) is 1.32. The van der Waals surface area contributed by atoms with Gasteiger partial charge in [-0.3, -0.25) is 9.59 Å². The molecule has 1 saturated heterocycles. The first-order valence-corrected chi connectivity index (χ1v) is 6.14. The number of para-hydroxylation sites is 1. The fraction of sp³-hybridized carbons (Fsp3) is 0.429. The van der Waals surface area contributed by atoms with Crippen molar-refractivity contribution in [3.63, 3.8) is 0 Å². The summed E-state index contributed by atoms with van der Waals surface area (Å²) in [4.78, 5) is 25.9. The van der Waals surface area contributed by atoms with Crippen molar-refractivity contribution in [1.29, 1.82) is 0 Å². The lowest BCUT2D eigenvalue weighted by molar-refractivity contribution is -0.149. The van der Waals surface area contributed by atoms with Gasteiger partial charge in [0.05, 0.1) is 7.11 Å². The number of esters is 1. The smallest absolute Gasteiger partial charge is 0.318 e. The number of hydrogen-bond acceptors (Lipinski definition) is 3. The summed E-state index contributed by atoms with van der Waals surface area (Å²) in [6.07, 6.45) is 0.830. The van der Waals surface area contributed by atoms with E-state index >= 15 is 0 Å². The Morgan fingerprint density at radius 2 is 2.11 bits per heavy atom. The van der Waals surface area contributed by atoms with Gasteiger partial charge in [0.15, 0.2) is 0 Å². The first-order valence-electron chi connectivity index (χ1n) is 6.14. The number of carbonyl (C=O) groups excluding carboxylic acids is 2. The number of ether oxygens (including phenoxy) is 1. The number of anilines is 1. The molecule has 3 rings (SSSR count). The average molecular weight is 245 g/mol. The number of benzene rings is 1. The van der Waals surface area contributed by atoms with Crippen molar-refractivity contribution in [3.8, 4) is 0 Å². The number of methoxy groups -OCH3 is 1. The lowest BCUT2D eigenvalue weighted by Gasteiger charge is -2.17. The number of rotatable bonds is 1. The molecule has 1 amide bonds. The van der Waals surface area contributed by atoms with Crippen LogP contribution in [0.15, 0.2) is 24.3 Å². The Labute approximate surface area is 106 Å². The molecule has 0 bridgehead atoms. The Hall–Kier alpha value is -1.84. The maximum atomic E-state index is 12.4. The predicted octanol–water partition coefficient (Wildman–Crippen LogP) is 1.38. The molecule has 18 heavy (non-hydrogen) atoms. The zero-order valence-corrected chi connectivity index (χ0v) is 10.4. The molecule has 0 saturated carbocycles. The van der Waals surface area contributed by atoms with Crippen LogP contribution in [-0.4, -0.2) is 25.0 Å². The highest BCUT2D eigenvalue weighted by Crippen LogP contribution is 2.43. The second-order valence-electron chi connectivity index (χ2n) is 4.97. The molecule has 0 aliphatic carbocycles. The molecule has 0 radical (unpaired) electrons. The molecule has 94 valence electrons. The van der Waals surface area contributed by atoms with Crippen LogP contribution in [-0.2, 0) is 20.7 Å². The minimum absolute atomic E-state index is 0.00245. The molecule has 4 nitrogen and oxygen atoms in total. The Morgan fingerprint density at radius 1 is 1.39 bits per heavy atom. The van der Waals surface area contributed by atoms with E-state index in [0.29, 0.717) is 0 Å². The van der Waals surface area contributed by atoms with Crippen LogP contribution < -0.4 is 4.90 Å². The second-order valence-corrected chi connectivity index (χ2v) is 4.97. The van der Waals surface area contributed by atoms with Crippen molar-refractivity contribution < 1.29 is 14.3 Å². The summed E-state index contributed by atoms with van der Waals surface area (Å²) in [6, 6.07) is 7.98. The van der Waals surface area contributed by atoms with Gasteiger partial charge in [-0.1, -0.05) is 25.1 Å². The SMILES string of the molecule is COC(=O)[C@@H]1C(=O)N2c3ccccc3C[C@@H]2[C@H]1C. The van der Waals surface area contributed by atoms with Gasteiger partial charge in [-0.05, 0) is 24.0 Å². The minimum Gasteiger partial charge on any atom is -0.468 e. The van der Waals surface area contributed by atoms with Gasteiger partial charge in [0.25, 0.3) is 0 Å². The highest BCUT2D eigenvalue weighted by molar-refractivity contribution is 6.10. The molecule has 2 heterocycles. The van der Waals surface area contributed by atoms with Crippen molar-refractivity contribution in [2.45, 2.75) is 19.4 Å². The maximum Gasteiger partial charge on any atom is 0.318 e. The van der Waals surface area contributed by atoms with E-state index in [9.17, 15) is 9.59 Å². The number of nitrogens with zero attached hydrogens (tertiary/aromatic N) is 1. The van der Waals surface area contributed by atoms with Crippen LogP contribution in [0.4, 0.5) is 5.69 Å². The van der Waals surface area contributed by atoms with Crippen molar-refractivity contribution in [1.82, 2.24) is 0 Å². The van der Waals surface area contributed by atoms with Crippen LogP contribution in [0.1, 0.15) is 12.5 Å². The molecule has 1 aromatic carbocycles. The summed E-state index contributed by atoms with van der Waals surface area (Å²) in [5.74, 6) is -1.19. The van der Waals surface area contributed by atoms with Crippen LogP contribution in [0.5, 0.6) is 0 Å². The highest BCUT2D eigenvalue weighted by Gasteiger charge is 2.53. The fourth-order valence-corrected chi connectivity index (χ4v) is 3.16. The zero-order chi connectivity index (χ0) is 12.9. The van der Waals surface area contributed by atoms with Crippen LogP contribution in [0.25, 0.3) is 0 Å². The van der Waals surface area contributed by atoms with Gasteiger partial charge >= 0.3 is 5.97 Å². The van der Waals surface area contributed by atoms with Gasteiger partial charge in [-0.25, -0.2) is 0 Å². The molecule has 2 aliphatic heterocycles. The normalized spacial score (nSPS) is 29.1. The molecule has 1 aromatic rings. The zero-order valence-electron chi connectivity index (χ0n) is 10.4. The monoisotopic (exact) mass is 245 g/mol. The van der Waals surface area contributed by atoms with E-state index < -0.39 is 11.9 Å². The summed E-state index contributed by atoms with van der Waals surface area (Å²) < 4.78 is 4.74. The average Bonchev–Trinajstić information content (AvgIpc) is 2.87. The molecule has 0 aromatic heterocycles. The Bertz CT molecular complexity index is 526. The second kappa shape index (κ2) is 3.83. The van der Waals surface area contributed by atoms with Gasteiger partial charge < -0.3 is 9.64 Å². The van der Waals surface area contributed by atoms with Gasteiger partial charge in [-0.15, -0.1) is 0 Å². The molecule has 3 atom stereocenters. The Kier molecular flexibility index (Phi) is 2.40. The van der Waals surface area contributed by atoms with Crippen molar-refractivity contribution >= 4 is 17.6 Å². The molecular formula is C14H15NO3. The number of fused-ring (bicyclic) bond motifs is 3. The van der Waals surface area contributed by atoms with Gasteiger partial charge in [0, 0.05) is 11.7 Å². The molecule has 0 N–H and O–H groups in total. The van der Waals surface area contributed by atoms with E-state index in [1.54, 1.807) is 4.90 Å². The first kappa shape index (κ1) is 11.3. The summed E-state index contributed by atoms with van der Waals surface area (Å²) >= 11 is 0. The van der Waals surface area contributed by atoms with Gasteiger partial charge in [0.2, 0.25) is 5.91 Å². The topological polar surface area (TPSA) is 46.6 Å². The maximum absolute atomic E-state index is 12.4. The standard InChI is InChI=1S/C14H15NO3/c1-8-11-7-9-5-3-4-6-10(9)15(11)13(16)12(8)14(17)18-2/h3-6,8,11-12H,7H2,1-2H3/t8-,11-,12+/m1/s1. The lowest BCUT2D eigenvalue weighted by Crippen LogP contribution is -2.32. The summed E-state index contributed by atoms with van der Waals surface area (Å²) in [5, 5.41) is 0. The van der Waals surface area contributed by atoms with Crippen molar-refractivity contribution in [3.05, 3.63) is 29.8 Å². The van der Waals surface area contributed by atoms with Gasteiger partial charge in [-0.2, -0.15) is 0 Å². The summed E-state index contributed by atoms with van der Waals surface area (Å²) in [6.45, 7) is 1.95. The number of carbonyl (C=O) groups is 2. The van der Waals surface area contributed by atoms with Crippen LogP contribution in [0.2, 0.25) is 0 Å². The van der Waals surface area contributed by atoms with E-state index in [4.69, 9.17) is 4.74 Å². The van der Waals surface area contributed by atoms with Gasteiger partial charge in [0.1, 0.15) is 5.92 Å². The molecule has 0 spiro atoms. The predicted molar refractivity (Wildman–Crippen MR) is 66.1 cm³/mol.